The Morgan fingerprint density at radius 1 is 1.18 bits per heavy atom. The Hall–Kier alpha value is -3.46. The highest BCUT2D eigenvalue weighted by molar-refractivity contribution is 6.13. The van der Waals surface area contributed by atoms with Crippen molar-refractivity contribution in [3.8, 4) is 0 Å². The average molecular weight is 448 g/mol. The summed E-state index contributed by atoms with van der Waals surface area (Å²) >= 11 is 0. The molecule has 1 aromatic carbocycles. The number of hydrogen-bond acceptors (Lipinski definition) is 5. The Morgan fingerprint density at radius 2 is 1.97 bits per heavy atom. The Kier molecular flexibility index (Phi) is 4.45. The second kappa shape index (κ2) is 7.28. The number of hydrogen-bond donors (Lipinski definition) is 2. The van der Waals surface area contributed by atoms with Gasteiger partial charge in [0.1, 0.15) is 5.52 Å². The zero-order chi connectivity index (χ0) is 22.7. The largest absolute Gasteiger partial charge is 0.371 e. The second-order valence-corrected chi connectivity index (χ2v) is 9.43. The Labute approximate surface area is 190 Å². The van der Waals surface area contributed by atoms with E-state index in [1.165, 1.54) is 18.9 Å². The third-order valence-electron chi connectivity index (χ3n) is 7.06. The first-order chi connectivity index (χ1) is 15.9. The van der Waals surface area contributed by atoms with Crippen LogP contribution in [0.5, 0.6) is 0 Å². The van der Waals surface area contributed by atoms with Gasteiger partial charge in [0.2, 0.25) is 0 Å². The van der Waals surface area contributed by atoms with Crippen molar-refractivity contribution in [1.82, 2.24) is 24.5 Å². The number of carbonyl (C=O) groups excluding carboxylic acids is 1. The lowest BCUT2D eigenvalue weighted by Crippen LogP contribution is -2.58. The topological polar surface area (TPSA) is 79.5 Å². The lowest BCUT2D eigenvalue weighted by Gasteiger charge is -2.49. The van der Waals surface area contributed by atoms with Crippen LogP contribution in [0.4, 0.5) is 15.8 Å². The van der Waals surface area contributed by atoms with E-state index in [9.17, 15) is 9.18 Å². The molecule has 5 heterocycles. The van der Waals surface area contributed by atoms with Gasteiger partial charge in [-0.2, -0.15) is 5.10 Å². The molecule has 1 spiro atoms. The molecular formula is C24H26FN7O. The van der Waals surface area contributed by atoms with E-state index in [1.807, 2.05) is 25.4 Å². The van der Waals surface area contributed by atoms with Crippen LogP contribution in [-0.4, -0.2) is 51.3 Å². The molecule has 0 saturated carbocycles. The molecule has 6 rings (SSSR count). The van der Waals surface area contributed by atoms with Crippen LogP contribution in [0.15, 0.2) is 36.8 Å². The number of nitrogens with one attached hydrogen (secondary N) is 2. The van der Waals surface area contributed by atoms with E-state index >= 15 is 0 Å². The van der Waals surface area contributed by atoms with Crippen molar-refractivity contribution in [1.29, 1.82) is 0 Å². The number of pyridine rings is 1. The number of imidazole rings is 1. The molecule has 2 fully saturated rings. The van der Waals surface area contributed by atoms with Crippen LogP contribution in [0.25, 0.3) is 16.6 Å². The number of aromatic nitrogens is 4. The van der Waals surface area contributed by atoms with Gasteiger partial charge in [0.05, 0.1) is 16.9 Å². The first kappa shape index (κ1) is 20.2. The SMILES string of the molecule is Cc1cn2cc(NC(=O)c3ccc(N4CCC5(CC4)CNC5)c4cn(C)nc34)cc(F)c2n1. The number of halogens is 1. The number of rotatable bonds is 3. The average Bonchev–Trinajstić information content (AvgIpc) is 3.33. The maximum Gasteiger partial charge on any atom is 0.257 e. The Balaban J connectivity index is 1.30. The molecule has 2 N–H and O–H groups in total. The molecule has 8 nitrogen and oxygen atoms in total. The van der Waals surface area contributed by atoms with Crippen molar-refractivity contribution >= 4 is 33.8 Å². The molecule has 170 valence electrons. The molecule has 0 aliphatic carbocycles. The summed E-state index contributed by atoms with van der Waals surface area (Å²) in [5, 5.41) is 11.8. The third kappa shape index (κ3) is 3.34. The molecule has 0 radical (unpaired) electrons. The number of anilines is 2. The van der Waals surface area contributed by atoms with E-state index in [-0.39, 0.29) is 11.6 Å². The first-order valence-corrected chi connectivity index (χ1v) is 11.3. The van der Waals surface area contributed by atoms with Gasteiger partial charge in [0.15, 0.2) is 11.5 Å². The summed E-state index contributed by atoms with van der Waals surface area (Å²) in [6.45, 7) is 6.04. The van der Waals surface area contributed by atoms with E-state index in [4.69, 9.17) is 0 Å². The van der Waals surface area contributed by atoms with Crippen molar-refractivity contribution in [3.63, 3.8) is 0 Å². The van der Waals surface area contributed by atoms with Crippen LogP contribution in [0.1, 0.15) is 28.9 Å². The predicted molar refractivity (Wildman–Crippen MR) is 125 cm³/mol. The van der Waals surface area contributed by atoms with Crippen molar-refractivity contribution in [2.24, 2.45) is 12.5 Å². The molecule has 1 amide bonds. The van der Waals surface area contributed by atoms with Crippen molar-refractivity contribution in [2.75, 3.05) is 36.4 Å². The lowest BCUT2D eigenvalue weighted by molar-refractivity contribution is 0.102. The molecule has 33 heavy (non-hydrogen) atoms. The van der Waals surface area contributed by atoms with Crippen molar-refractivity contribution in [3.05, 3.63) is 53.9 Å². The van der Waals surface area contributed by atoms with Crippen LogP contribution in [-0.2, 0) is 7.05 Å². The van der Waals surface area contributed by atoms with E-state index < -0.39 is 5.82 Å². The molecule has 0 bridgehead atoms. The smallest absolute Gasteiger partial charge is 0.257 e. The number of nitrogens with zero attached hydrogens (tertiary/aromatic N) is 5. The van der Waals surface area contributed by atoms with Crippen molar-refractivity contribution in [2.45, 2.75) is 19.8 Å². The Morgan fingerprint density at radius 3 is 2.70 bits per heavy atom. The molecule has 2 saturated heterocycles. The predicted octanol–water partition coefficient (Wildman–Crippen LogP) is 3.11. The van der Waals surface area contributed by atoms with Gasteiger partial charge in [-0.25, -0.2) is 9.37 Å². The van der Waals surface area contributed by atoms with Crippen LogP contribution >= 0.6 is 0 Å². The number of piperidine rings is 1. The van der Waals surface area contributed by atoms with E-state index in [0.29, 0.717) is 27.9 Å². The highest BCUT2D eigenvalue weighted by atomic mass is 19.1. The molecule has 4 aromatic rings. The summed E-state index contributed by atoms with van der Waals surface area (Å²) < 4.78 is 17.8. The van der Waals surface area contributed by atoms with E-state index in [2.05, 4.69) is 25.6 Å². The van der Waals surface area contributed by atoms with Crippen LogP contribution in [0, 0.1) is 18.2 Å². The van der Waals surface area contributed by atoms with Gasteiger partial charge >= 0.3 is 0 Å². The summed E-state index contributed by atoms with van der Waals surface area (Å²) in [5.41, 5.74) is 4.01. The third-order valence-corrected chi connectivity index (χ3v) is 7.06. The van der Waals surface area contributed by atoms with Gasteiger partial charge < -0.3 is 19.9 Å². The molecule has 3 aromatic heterocycles. The normalized spacial score (nSPS) is 17.6. The summed E-state index contributed by atoms with van der Waals surface area (Å²) in [5.74, 6) is -0.803. The Bertz CT molecular complexity index is 1390. The minimum atomic E-state index is -0.483. The zero-order valence-electron chi connectivity index (χ0n) is 18.7. The molecule has 2 aliphatic heterocycles. The highest BCUT2D eigenvalue weighted by Crippen LogP contribution is 2.38. The summed E-state index contributed by atoms with van der Waals surface area (Å²) in [4.78, 5) is 19.7. The number of carbonyl (C=O) groups is 1. The molecular weight excluding hydrogens is 421 g/mol. The zero-order valence-corrected chi connectivity index (χ0v) is 18.7. The second-order valence-electron chi connectivity index (χ2n) is 9.43. The number of fused-ring (bicyclic) bond motifs is 2. The standard InChI is InChI=1S/C24H26FN7O/c1-15-10-32-11-16(9-19(25)22(32)27-15)28-23(33)17-3-4-20(18-12-30(2)29-21(17)18)31-7-5-24(6-8-31)13-26-14-24/h3-4,9-12,26H,5-8,13-14H2,1-2H3,(H,28,33). The number of aryl methyl sites for hydroxylation is 2. The summed E-state index contributed by atoms with van der Waals surface area (Å²) in [7, 11) is 1.86. The fraction of sp³-hybridized carbons (Fsp3) is 0.375. The molecule has 0 atom stereocenters. The maximum absolute atomic E-state index is 14.5. The van der Waals surface area contributed by atoms with Crippen molar-refractivity contribution < 1.29 is 9.18 Å². The fourth-order valence-electron chi connectivity index (χ4n) is 5.17. The minimum absolute atomic E-state index is 0.239. The summed E-state index contributed by atoms with van der Waals surface area (Å²) in [6.07, 6.45) is 7.70. The van der Waals surface area contributed by atoms with Crippen LogP contribution in [0.3, 0.4) is 0 Å². The minimum Gasteiger partial charge on any atom is -0.371 e. The van der Waals surface area contributed by atoms with E-state index in [0.717, 1.165) is 37.3 Å². The highest BCUT2D eigenvalue weighted by Gasteiger charge is 2.40. The molecule has 0 unspecified atom stereocenters. The van der Waals surface area contributed by atoms with Gasteiger partial charge in [-0.05, 0) is 37.3 Å². The van der Waals surface area contributed by atoms with Gasteiger partial charge in [-0.1, -0.05) is 0 Å². The summed E-state index contributed by atoms with van der Waals surface area (Å²) in [6, 6.07) is 5.13. The van der Waals surface area contributed by atoms with E-state index in [1.54, 1.807) is 28.4 Å². The molecule has 2 aliphatic rings. The fourth-order valence-corrected chi connectivity index (χ4v) is 5.17. The first-order valence-electron chi connectivity index (χ1n) is 11.3. The lowest BCUT2D eigenvalue weighted by atomic mass is 9.73. The van der Waals surface area contributed by atoms with Gasteiger partial charge in [-0.3, -0.25) is 9.48 Å². The van der Waals surface area contributed by atoms with Gasteiger partial charge in [0.25, 0.3) is 5.91 Å². The number of benzene rings is 1. The monoisotopic (exact) mass is 447 g/mol. The maximum atomic E-state index is 14.5. The number of amides is 1. The molecule has 9 heteroatoms. The van der Waals surface area contributed by atoms with Crippen LogP contribution in [0.2, 0.25) is 0 Å². The quantitative estimate of drug-likeness (QED) is 0.505. The van der Waals surface area contributed by atoms with Crippen LogP contribution < -0.4 is 15.5 Å². The van der Waals surface area contributed by atoms with Gasteiger partial charge in [-0.15, -0.1) is 0 Å². The van der Waals surface area contributed by atoms with Gasteiger partial charge in [0, 0.05) is 69.0 Å².